The van der Waals surface area contributed by atoms with Gasteiger partial charge in [0.1, 0.15) is 21.5 Å². The van der Waals surface area contributed by atoms with Crippen molar-refractivity contribution in [2.45, 2.75) is 21.6 Å². The van der Waals surface area contributed by atoms with Gasteiger partial charge >= 0.3 is 107 Å². The molecule has 25 nitrogen and oxygen atoms in total. The van der Waals surface area contributed by atoms with E-state index in [2.05, 4.69) is 54.7 Å². The number of benzene rings is 4. The molecule has 0 radical (unpaired) electrons. The number of nitrogens with zero attached hydrogens (tertiary/aromatic N) is 6. The maximum Gasteiger partial charge on any atom is 1.00 e. The summed E-state index contributed by atoms with van der Waals surface area (Å²) in [4.78, 5) is 35.2. The number of aromatic hydroxyl groups is 1. The standard InChI is InChI=1S/C35H30N10O15S4.3Na/c1-19(46)37-23-4-8-26-21(16-23)17-28(61-60-59-49)30(31(26)47)44-43-27-18-24(5-9-29(27)63(52,53)54)39-34-40-33(41-35(42-34)45-12-10-20(11-13-45)32(36)48)38-22-2-6-25(7-3-22)62(50,51)15-14-58-64(55,56)57;;;/h2-13,16-18H,14-15H2,1H3,(H8-,36,37,38,39,40,41,42,46,47,48,49,52,53,54,55,56,57);;;/q;3*+1/p-2. The van der Waals surface area contributed by atoms with Crippen molar-refractivity contribution in [2.24, 2.45) is 16.0 Å². The number of primary amides is 1. The Morgan fingerprint density at radius 2 is 1.43 bits per heavy atom. The van der Waals surface area contributed by atoms with Crippen LogP contribution in [0.2, 0.25) is 0 Å². The van der Waals surface area contributed by atoms with Crippen LogP contribution in [-0.2, 0) is 48.7 Å². The molecule has 6 rings (SSSR count). The Hall–Kier alpha value is -3.80. The van der Waals surface area contributed by atoms with E-state index in [1.54, 1.807) is 0 Å². The van der Waals surface area contributed by atoms with Gasteiger partial charge < -0.3 is 41.2 Å². The van der Waals surface area contributed by atoms with Gasteiger partial charge in [0.05, 0.1) is 51.5 Å². The van der Waals surface area contributed by atoms with Crippen molar-refractivity contribution in [3.8, 4) is 11.7 Å². The maximum atomic E-state index is 12.7. The fourth-order valence-electron chi connectivity index (χ4n) is 5.52. The molecule has 0 aliphatic rings. The van der Waals surface area contributed by atoms with Gasteiger partial charge in [-0.15, -0.1) is 15.2 Å². The molecule has 67 heavy (non-hydrogen) atoms. The van der Waals surface area contributed by atoms with Gasteiger partial charge in [0.2, 0.25) is 22.2 Å². The molecule has 0 saturated heterocycles. The normalized spacial score (nSPS) is 11.5. The number of nitrogens with two attached hydrogens (primary N) is 1. The topological polar surface area (TPSA) is 383 Å². The maximum absolute atomic E-state index is 12.7. The Bertz CT molecular complexity index is 3160. The number of phenolic OH excluding ortho intramolecular Hbond substituents is 1. The van der Waals surface area contributed by atoms with Gasteiger partial charge in [0, 0.05) is 34.9 Å². The van der Waals surface area contributed by atoms with Crippen LogP contribution in [0.1, 0.15) is 17.3 Å². The fourth-order valence-corrected chi connectivity index (χ4v) is 8.08. The van der Waals surface area contributed by atoms with Crippen molar-refractivity contribution in [3.05, 3.63) is 96.8 Å². The van der Waals surface area contributed by atoms with Crippen LogP contribution in [0.15, 0.2) is 116 Å². The number of azo groups is 1. The number of sulfone groups is 1. The Morgan fingerprint density at radius 3 is 2.01 bits per heavy atom. The number of hydrogen-bond donors (Lipinski definition) is 5. The zero-order valence-corrected chi connectivity index (χ0v) is 44.4. The van der Waals surface area contributed by atoms with Crippen LogP contribution < -0.4 is 120 Å². The van der Waals surface area contributed by atoms with Crippen LogP contribution in [0.25, 0.3) is 16.7 Å². The minimum absolute atomic E-state index is 0. The summed E-state index contributed by atoms with van der Waals surface area (Å²) in [6.07, 6.45) is 2.81. The fraction of sp³-hybridized carbons (Fsp3) is 0.0857. The number of rotatable bonds is 18. The number of carbonyl (C=O) groups excluding carboxylic acids is 2. The third kappa shape index (κ3) is 15.9. The second-order valence-electron chi connectivity index (χ2n) is 12.7. The molecular weight excluding hydrogens is 998 g/mol. The molecule has 32 heteroatoms. The summed E-state index contributed by atoms with van der Waals surface area (Å²) >= 11 is 0.314. The molecular formula is C35H28N10Na3O15S4+. The summed E-state index contributed by atoms with van der Waals surface area (Å²) in [7, 11) is -14.4. The van der Waals surface area contributed by atoms with E-state index in [0.29, 0.717) is 23.1 Å². The molecule has 0 atom stereocenters. The van der Waals surface area contributed by atoms with Crippen molar-refractivity contribution < 1.29 is 161 Å². The summed E-state index contributed by atoms with van der Waals surface area (Å²) in [5, 5.41) is 42.2. The Balaban J connectivity index is 0.00000397. The molecule has 4 aromatic carbocycles. The molecule has 2 aromatic heterocycles. The number of nitrogens with one attached hydrogen (secondary N) is 3. The van der Waals surface area contributed by atoms with E-state index >= 15 is 0 Å². The molecule has 6 aromatic rings. The Labute approximate surface area is 450 Å². The number of aromatic nitrogens is 4. The van der Waals surface area contributed by atoms with Gasteiger partial charge in [-0.05, 0) is 94.2 Å². The van der Waals surface area contributed by atoms with Gasteiger partial charge in [0.25, 0.3) is 0 Å². The van der Waals surface area contributed by atoms with Crippen molar-refractivity contribution in [1.82, 2.24) is 15.0 Å². The molecule has 0 bridgehead atoms. The average molecular weight is 1030 g/mol. The monoisotopic (exact) mass is 1030 g/mol. The van der Waals surface area contributed by atoms with Crippen molar-refractivity contribution in [2.75, 3.05) is 28.3 Å². The van der Waals surface area contributed by atoms with Gasteiger partial charge in [0.15, 0.2) is 15.6 Å². The number of hydrogen-bond acceptors (Lipinski definition) is 23. The molecule has 0 aliphatic heterocycles. The SMILES string of the molecule is CC(=O)Nc1ccc2c(O)c(N=Nc3cc(Nc4nc(Nc5ccc(S(=O)(=O)CCOS(=O)(=O)[O-])cc5)nc(-[n+]5ccc(C(N)=O)cc5)n4)ccc3S(=O)(=O)[O-])c(SOO[O-])cc2c1.[Na+].[Na+].[Na+]. The minimum Gasteiger partial charge on any atom is -0.744 e. The van der Waals surface area contributed by atoms with E-state index < -0.39 is 65.0 Å². The van der Waals surface area contributed by atoms with Crippen LogP contribution in [0, 0.1) is 0 Å². The third-order valence-electron chi connectivity index (χ3n) is 8.28. The number of pyridine rings is 1. The number of phenols is 1. The summed E-state index contributed by atoms with van der Waals surface area (Å²) in [5.74, 6) is -2.88. The molecule has 334 valence electrons. The van der Waals surface area contributed by atoms with E-state index in [0.717, 1.165) is 12.1 Å². The largest absolute Gasteiger partial charge is 1.00 e. The van der Waals surface area contributed by atoms with Crippen molar-refractivity contribution >= 4 is 105 Å². The Kier molecular flexibility index (Phi) is 21.2. The summed E-state index contributed by atoms with van der Waals surface area (Å²) in [6.45, 7) is 0.390. The molecule has 0 saturated carbocycles. The van der Waals surface area contributed by atoms with Crippen molar-refractivity contribution in [3.63, 3.8) is 0 Å². The molecule has 2 amide bonds. The van der Waals surface area contributed by atoms with Gasteiger partial charge in [-0.25, -0.2) is 29.8 Å². The van der Waals surface area contributed by atoms with E-state index in [1.807, 2.05) is 0 Å². The number of carbonyl (C=O) groups is 2. The number of fused-ring (bicyclic) bond motifs is 1. The second-order valence-corrected chi connectivity index (χ2v) is 18.0. The summed E-state index contributed by atoms with van der Waals surface area (Å²) < 4.78 is 104. The van der Waals surface area contributed by atoms with E-state index in [-0.39, 0.29) is 150 Å². The average Bonchev–Trinajstić information content (AvgIpc) is 3.21. The Morgan fingerprint density at radius 1 is 0.821 bits per heavy atom. The third-order valence-corrected chi connectivity index (χ3v) is 11.9. The van der Waals surface area contributed by atoms with Gasteiger partial charge in [-0.1, -0.05) is 0 Å². The van der Waals surface area contributed by atoms with Crippen LogP contribution >= 0.6 is 12.0 Å². The first kappa shape index (κ1) is 57.5. The molecule has 6 N–H and O–H groups in total. The number of anilines is 5. The van der Waals surface area contributed by atoms with Crippen LogP contribution in [0.5, 0.6) is 5.75 Å². The van der Waals surface area contributed by atoms with Gasteiger partial charge in [-0.2, -0.15) is 4.33 Å². The van der Waals surface area contributed by atoms with Gasteiger partial charge in [-0.3, -0.25) is 18.8 Å². The smallest absolute Gasteiger partial charge is 0.744 e. The zero-order valence-electron chi connectivity index (χ0n) is 35.1. The first-order chi connectivity index (χ1) is 30.2. The molecule has 0 spiro atoms. The number of amides is 2. The predicted molar refractivity (Wildman–Crippen MR) is 217 cm³/mol. The van der Waals surface area contributed by atoms with Crippen LogP contribution in [0.4, 0.5) is 40.3 Å². The zero-order chi connectivity index (χ0) is 46.4. The molecule has 0 aliphatic carbocycles. The van der Waals surface area contributed by atoms with E-state index in [9.17, 15) is 54.3 Å². The quantitative estimate of drug-likeness (QED) is 0.00781. The molecule has 0 fully saturated rings. The molecule has 0 unspecified atom stereocenters. The summed E-state index contributed by atoms with van der Waals surface area (Å²) in [6, 6.07) is 16.7. The van der Waals surface area contributed by atoms with Crippen LogP contribution in [0.3, 0.4) is 0 Å². The minimum atomic E-state index is -5.22. The van der Waals surface area contributed by atoms with Crippen LogP contribution in [-0.4, -0.2) is 78.6 Å². The molecule has 2 heterocycles. The summed E-state index contributed by atoms with van der Waals surface area (Å²) in [5.41, 5.74) is 5.25. The predicted octanol–water partition coefficient (Wildman–Crippen LogP) is -6.64. The first-order valence-corrected chi connectivity index (χ1v) is 22.6. The van der Waals surface area contributed by atoms with E-state index in [1.165, 1.54) is 90.6 Å². The van der Waals surface area contributed by atoms with E-state index in [4.69, 9.17) is 5.73 Å². The van der Waals surface area contributed by atoms with Crippen molar-refractivity contribution in [1.29, 1.82) is 0 Å². The first-order valence-electron chi connectivity index (χ1n) is 17.5. The second kappa shape index (κ2) is 24.7.